The van der Waals surface area contributed by atoms with Crippen LogP contribution < -0.4 is 15.7 Å². The van der Waals surface area contributed by atoms with Crippen molar-refractivity contribution in [2.45, 2.75) is 13.5 Å². The van der Waals surface area contributed by atoms with Crippen LogP contribution in [-0.2, 0) is 6.61 Å². The van der Waals surface area contributed by atoms with Gasteiger partial charge in [-0.25, -0.2) is 0 Å². The van der Waals surface area contributed by atoms with E-state index < -0.39 is 11.5 Å². The molecule has 0 spiro atoms. The zero-order chi connectivity index (χ0) is 18.5. The molecule has 3 rings (SSSR count). The third-order valence-electron chi connectivity index (χ3n) is 3.87. The number of carbonyl (C=O) groups excluding carboxylic acids is 1. The standard InChI is InChI=1S/C20H17ClN2O3/c1-14-7-2-5-11-18(14)22-19(24)16-9-6-12-23(20(16)25)26-13-15-8-3-4-10-17(15)21/h2-12H,13H2,1H3,(H,22,24). The lowest BCUT2D eigenvalue weighted by atomic mass is 10.2. The average Bonchev–Trinajstić information content (AvgIpc) is 2.64. The monoisotopic (exact) mass is 368 g/mol. The highest BCUT2D eigenvalue weighted by Gasteiger charge is 2.14. The predicted octanol–water partition coefficient (Wildman–Crippen LogP) is 3.69. The van der Waals surface area contributed by atoms with Gasteiger partial charge in [-0.1, -0.05) is 48.0 Å². The SMILES string of the molecule is Cc1ccccc1NC(=O)c1cccn(OCc2ccccc2Cl)c1=O. The highest BCUT2D eigenvalue weighted by atomic mass is 35.5. The molecule has 0 aliphatic carbocycles. The summed E-state index contributed by atoms with van der Waals surface area (Å²) in [5.74, 6) is -0.486. The number of pyridine rings is 1. The number of anilines is 1. The molecule has 1 N–H and O–H groups in total. The summed E-state index contributed by atoms with van der Waals surface area (Å²) in [4.78, 5) is 30.5. The fourth-order valence-corrected chi connectivity index (χ4v) is 2.60. The van der Waals surface area contributed by atoms with Crippen LogP contribution in [0.25, 0.3) is 0 Å². The van der Waals surface area contributed by atoms with Crippen LogP contribution in [0.4, 0.5) is 5.69 Å². The van der Waals surface area contributed by atoms with E-state index in [1.807, 2.05) is 43.3 Å². The fourth-order valence-electron chi connectivity index (χ4n) is 2.41. The number of nitrogens with one attached hydrogen (secondary N) is 1. The lowest BCUT2D eigenvalue weighted by molar-refractivity contribution is 0.0864. The second-order valence-corrected chi connectivity index (χ2v) is 6.09. The number of amides is 1. The molecule has 0 aliphatic rings. The fraction of sp³-hybridized carbons (Fsp3) is 0.100. The quantitative estimate of drug-likeness (QED) is 0.747. The van der Waals surface area contributed by atoms with Crippen molar-refractivity contribution >= 4 is 23.2 Å². The van der Waals surface area contributed by atoms with Crippen LogP contribution >= 0.6 is 11.6 Å². The molecule has 0 unspecified atom stereocenters. The maximum atomic E-state index is 12.5. The van der Waals surface area contributed by atoms with Gasteiger partial charge in [-0.05, 0) is 36.8 Å². The summed E-state index contributed by atoms with van der Waals surface area (Å²) < 4.78 is 1.04. The van der Waals surface area contributed by atoms with E-state index in [-0.39, 0.29) is 12.2 Å². The number of rotatable bonds is 5. The molecular formula is C20H17ClN2O3. The summed E-state index contributed by atoms with van der Waals surface area (Å²) in [6.45, 7) is 1.99. The number of aryl methyl sites for hydroxylation is 1. The van der Waals surface area contributed by atoms with E-state index in [2.05, 4.69) is 5.32 Å². The van der Waals surface area contributed by atoms with Crippen molar-refractivity contribution < 1.29 is 9.63 Å². The van der Waals surface area contributed by atoms with Crippen molar-refractivity contribution in [3.8, 4) is 0 Å². The first-order chi connectivity index (χ1) is 12.6. The Bertz CT molecular complexity index is 998. The minimum Gasteiger partial charge on any atom is -0.406 e. The number of hydrogen-bond donors (Lipinski definition) is 1. The van der Waals surface area contributed by atoms with E-state index >= 15 is 0 Å². The van der Waals surface area contributed by atoms with Crippen molar-refractivity contribution in [2.24, 2.45) is 0 Å². The normalized spacial score (nSPS) is 10.4. The molecule has 0 fully saturated rings. The number of benzene rings is 2. The van der Waals surface area contributed by atoms with Crippen molar-refractivity contribution in [1.82, 2.24) is 4.73 Å². The molecule has 132 valence electrons. The van der Waals surface area contributed by atoms with Gasteiger partial charge in [-0.3, -0.25) is 9.59 Å². The number of carbonyl (C=O) groups is 1. The molecule has 6 heteroatoms. The van der Waals surface area contributed by atoms with Gasteiger partial charge in [0.1, 0.15) is 12.2 Å². The lowest BCUT2D eigenvalue weighted by Gasteiger charge is -2.11. The van der Waals surface area contributed by atoms with Gasteiger partial charge >= 0.3 is 0 Å². The van der Waals surface area contributed by atoms with Gasteiger partial charge in [0, 0.05) is 22.5 Å². The maximum absolute atomic E-state index is 12.5. The summed E-state index contributed by atoms with van der Waals surface area (Å²) >= 11 is 6.09. The number of hydrogen-bond acceptors (Lipinski definition) is 3. The Kier molecular flexibility index (Phi) is 5.39. The van der Waals surface area contributed by atoms with E-state index in [0.29, 0.717) is 10.7 Å². The highest BCUT2D eigenvalue weighted by Crippen LogP contribution is 2.15. The number of halogens is 1. The Morgan fingerprint density at radius 1 is 1.08 bits per heavy atom. The molecule has 1 amide bonds. The van der Waals surface area contributed by atoms with Crippen molar-refractivity contribution in [3.63, 3.8) is 0 Å². The molecule has 3 aromatic rings. The number of aromatic nitrogens is 1. The summed E-state index contributed by atoms with van der Waals surface area (Å²) in [5.41, 5.74) is 1.77. The van der Waals surface area contributed by atoms with Crippen LogP contribution in [-0.4, -0.2) is 10.6 Å². The Balaban J connectivity index is 1.79. The molecule has 0 atom stereocenters. The average molecular weight is 369 g/mol. The minimum absolute atomic E-state index is 0.00471. The smallest absolute Gasteiger partial charge is 0.295 e. The largest absolute Gasteiger partial charge is 0.406 e. The van der Waals surface area contributed by atoms with Crippen LogP contribution in [0.2, 0.25) is 5.02 Å². The summed E-state index contributed by atoms with van der Waals surface area (Å²) in [5, 5.41) is 3.30. The first kappa shape index (κ1) is 17.8. The number of nitrogens with zero attached hydrogens (tertiary/aromatic N) is 1. The first-order valence-corrected chi connectivity index (χ1v) is 8.39. The molecule has 1 heterocycles. The zero-order valence-electron chi connectivity index (χ0n) is 14.1. The minimum atomic E-state index is -0.536. The third-order valence-corrected chi connectivity index (χ3v) is 4.24. The van der Waals surface area contributed by atoms with E-state index in [4.69, 9.17) is 16.4 Å². The van der Waals surface area contributed by atoms with Gasteiger partial charge in [0.05, 0.1) is 0 Å². The van der Waals surface area contributed by atoms with Crippen LogP contribution in [0, 0.1) is 6.92 Å². The van der Waals surface area contributed by atoms with Crippen LogP contribution in [0.15, 0.2) is 71.7 Å². The third kappa shape index (κ3) is 3.95. The molecule has 0 bridgehead atoms. The Morgan fingerprint density at radius 3 is 2.58 bits per heavy atom. The predicted molar refractivity (Wildman–Crippen MR) is 102 cm³/mol. The zero-order valence-corrected chi connectivity index (χ0v) is 14.9. The molecule has 1 aromatic heterocycles. The first-order valence-electron chi connectivity index (χ1n) is 8.01. The Morgan fingerprint density at radius 2 is 1.81 bits per heavy atom. The molecular weight excluding hydrogens is 352 g/mol. The van der Waals surface area contributed by atoms with Gasteiger partial charge in [0.15, 0.2) is 0 Å². The Hall–Kier alpha value is -3.05. The van der Waals surface area contributed by atoms with Gasteiger partial charge < -0.3 is 10.2 Å². The second kappa shape index (κ2) is 7.89. The van der Waals surface area contributed by atoms with Crippen LogP contribution in [0.1, 0.15) is 21.5 Å². The van der Waals surface area contributed by atoms with E-state index in [1.54, 1.807) is 18.2 Å². The Labute approximate surface area is 155 Å². The molecule has 5 nitrogen and oxygen atoms in total. The van der Waals surface area contributed by atoms with Crippen LogP contribution in [0.3, 0.4) is 0 Å². The summed E-state index contributed by atoms with van der Waals surface area (Å²) in [6, 6.07) is 17.6. The lowest BCUT2D eigenvalue weighted by Crippen LogP contribution is -2.32. The molecule has 2 aromatic carbocycles. The van der Waals surface area contributed by atoms with E-state index in [9.17, 15) is 9.59 Å². The van der Waals surface area contributed by atoms with Crippen molar-refractivity contribution in [3.05, 3.63) is 98.9 Å². The summed E-state index contributed by atoms with van der Waals surface area (Å²) in [7, 11) is 0. The second-order valence-electron chi connectivity index (χ2n) is 5.69. The van der Waals surface area contributed by atoms with Gasteiger partial charge in [-0.2, -0.15) is 4.73 Å². The summed E-state index contributed by atoms with van der Waals surface area (Å²) in [6.07, 6.45) is 1.46. The molecule has 0 saturated carbocycles. The van der Waals surface area contributed by atoms with Gasteiger partial charge in [0.25, 0.3) is 11.5 Å². The molecule has 0 saturated heterocycles. The van der Waals surface area contributed by atoms with Crippen molar-refractivity contribution in [2.75, 3.05) is 5.32 Å². The van der Waals surface area contributed by atoms with E-state index in [1.165, 1.54) is 12.3 Å². The molecule has 0 radical (unpaired) electrons. The maximum Gasteiger partial charge on any atom is 0.295 e. The van der Waals surface area contributed by atoms with Crippen LogP contribution in [0.5, 0.6) is 0 Å². The van der Waals surface area contributed by atoms with Crippen molar-refractivity contribution in [1.29, 1.82) is 0 Å². The molecule has 26 heavy (non-hydrogen) atoms. The molecule has 0 aliphatic heterocycles. The van der Waals surface area contributed by atoms with E-state index in [0.717, 1.165) is 15.9 Å². The van der Waals surface area contributed by atoms with Gasteiger partial charge in [-0.15, -0.1) is 0 Å². The number of para-hydroxylation sites is 1. The van der Waals surface area contributed by atoms with Gasteiger partial charge in [0.2, 0.25) is 0 Å². The topological polar surface area (TPSA) is 60.3 Å². The highest BCUT2D eigenvalue weighted by molar-refractivity contribution is 6.31.